The number of ether oxygens (including phenoxy) is 1. The first-order chi connectivity index (χ1) is 15.3. The number of benzene rings is 2. The number of halogens is 3. The highest BCUT2D eigenvalue weighted by Crippen LogP contribution is 2.20. The van der Waals surface area contributed by atoms with Gasteiger partial charge in [0.2, 0.25) is 11.8 Å². The van der Waals surface area contributed by atoms with Crippen LogP contribution in [0.4, 0.5) is 13.2 Å². The Hall–Kier alpha value is -3.03. The fourth-order valence-corrected chi connectivity index (χ4v) is 3.72. The molecule has 32 heavy (non-hydrogen) atoms. The third-order valence-corrected chi connectivity index (χ3v) is 5.70. The first-order valence-corrected chi connectivity index (χ1v) is 10.7. The second-order valence-corrected chi connectivity index (χ2v) is 7.98. The molecule has 2 aromatic rings. The van der Waals surface area contributed by atoms with Crippen molar-refractivity contribution in [1.82, 2.24) is 10.2 Å². The van der Waals surface area contributed by atoms with E-state index in [1.807, 2.05) is 0 Å². The number of alkyl halides is 2. The summed E-state index contributed by atoms with van der Waals surface area (Å²) in [6, 6.07) is 11.2. The first-order valence-electron chi connectivity index (χ1n) is 10.7. The van der Waals surface area contributed by atoms with Crippen LogP contribution in [-0.2, 0) is 22.6 Å². The summed E-state index contributed by atoms with van der Waals surface area (Å²) in [6.07, 6.45) is 1.98. The largest absolute Gasteiger partial charge is 0.435 e. The highest BCUT2D eigenvalue weighted by atomic mass is 19.3. The van der Waals surface area contributed by atoms with E-state index in [4.69, 9.17) is 0 Å². The zero-order chi connectivity index (χ0) is 23.1. The average Bonchev–Trinajstić information content (AvgIpc) is 2.78. The molecular weight excluding hydrogens is 421 g/mol. The van der Waals surface area contributed by atoms with E-state index in [-0.39, 0.29) is 35.8 Å². The number of rotatable bonds is 8. The Bertz CT molecular complexity index is 927. The van der Waals surface area contributed by atoms with Crippen LogP contribution >= 0.6 is 0 Å². The van der Waals surface area contributed by atoms with E-state index in [0.29, 0.717) is 49.9 Å². The van der Waals surface area contributed by atoms with E-state index >= 15 is 0 Å². The number of nitrogens with one attached hydrogen (secondary N) is 1. The van der Waals surface area contributed by atoms with Gasteiger partial charge < -0.3 is 15.0 Å². The third-order valence-electron chi connectivity index (χ3n) is 5.70. The smallest absolute Gasteiger partial charge is 0.387 e. The van der Waals surface area contributed by atoms with Gasteiger partial charge in [0.1, 0.15) is 11.6 Å². The summed E-state index contributed by atoms with van der Waals surface area (Å²) in [5.74, 6) is -0.447. The highest BCUT2D eigenvalue weighted by molar-refractivity contribution is 5.80. The average molecular weight is 448 g/mol. The van der Waals surface area contributed by atoms with Gasteiger partial charge in [0.25, 0.3) is 0 Å². The molecule has 0 aliphatic carbocycles. The molecule has 0 spiro atoms. The van der Waals surface area contributed by atoms with Crippen LogP contribution in [-0.4, -0.2) is 36.4 Å². The summed E-state index contributed by atoms with van der Waals surface area (Å²) in [7, 11) is 0. The summed E-state index contributed by atoms with van der Waals surface area (Å²) < 4.78 is 42.3. The zero-order valence-corrected chi connectivity index (χ0v) is 18.0. The summed E-state index contributed by atoms with van der Waals surface area (Å²) in [4.78, 5) is 26.7. The van der Waals surface area contributed by atoms with E-state index < -0.39 is 6.61 Å². The van der Waals surface area contributed by atoms with Crippen LogP contribution in [0.5, 0.6) is 5.75 Å². The molecule has 0 unspecified atom stereocenters. The van der Waals surface area contributed by atoms with Gasteiger partial charge in [-0.1, -0.05) is 24.3 Å². The maximum Gasteiger partial charge on any atom is 0.387 e. The molecule has 8 heteroatoms. The molecular formula is C24H27F3N2O3. The standard InChI is InChI=1S/C24H27F3N2O3/c1-16-2-3-18(14-21(16)25)15-28-23(31)19-10-12-29(13-11-19)22(30)9-6-17-4-7-20(8-5-17)32-24(26)27/h2-5,7-8,14,19,24H,6,9-13,15H2,1H3,(H,28,31). The Morgan fingerprint density at radius 2 is 1.75 bits per heavy atom. The van der Waals surface area contributed by atoms with Crippen molar-refractivity contribution in [3.8, 4) is 5.75 Å². The van der Waals surface area contributed by atoms with E-state index in [9.17, 15) is 22.8 Å². The first kappa shape index (κ1) is 23.6. The number of carbonyl (C=O) groups is 2. The third kappa shape index (κ3) is 6.73. The lowest BCUT2D eigenvalue weighted by Crippen LogP contribution is -2.43. The minimum Gasteiger partial charge on any atom is -0.435 e. The van der Waals surface area contributed by atoms with Crippen molar-refractivity contribution < 1.29 is 27.5 Å². The van der Waals surface area contributed by atoms with Crippen LogP contribution in [0.1, 0.15) is 36.0 Å². The Balaban J connectivity index is 1.39. The maximum absolute atomic E-state index is 13.6. The Morgan fingerprint density at radius 3 is 2.38 bits per heavy atom. The van der Waals surface area contributed by atoms with Crippen molar-refractivity contribution in [3.05, 3.63) is 65.0 Å². The van der Waals surface area contributed by atoms with E-state index in [0.717, 1.165) is 5.56 Å². The number of nitrogens with zero attached hydrogens (tertiary/aromatic N) is 1. The van der Waals surface area contributed by atoms with E-state index in [1.165, 1.54) is 18.2 Å². The van der Waals surface area contributed by atoms with Gasteiger partial charge in [0, 0.05) is 32.0 Å². The topological polar surface area (TPSA) is 58.6 Å². The summed E-state index contributed by atoms with van der Waals surface area (Å²) in [5, 5.41) is 2.86. The molecule has 1 fully saturated rings. The predicted octanol–water partition coefficient (Wildman–Crippen LogP) is 4.22. The SMILES string of the molecule is Cc1ccc(CNC(=O)C2CCN(C(=O)CCc3ccc(OC(F)F)cc3)CC2)cc1F. The molecule has 172 valence electrons. The fourth-order valence-electron chi connectivity index (χ4n) is 3.72. The van der Waals surface area contributed by atoms with E-state index in [2.05, 4.69) is 10.1 Å². The predicted molar refractivity (Wildman–Crippen MR) is 114 cm³/mol. The molecule has 1 aliphatic rings. The number of hydrogen-bond acceptors (Lipinski definition) is 3. The van der Waals surface area contributed by atoms with Crippen LogP contribution in [0.15, 0.2) is 42.5 Å². The van der Waals surface area contributed by atoms with Gasteiger partial charge in [-0.15, -0.1) is 0 Å². The second kappa shape index (κ2) is 11.0. The zero-order valence-electron chi connectivity index (χ0n) is 18.0. The van der Waals surface area contributed by atoms with Crippen LogP contribution in [0.2, 0.25) is 0 Å². The summed E-state index contributed by atoms with van der Waals surface area (Å²) >= 11 is 0. The number of amides is 2. The number of likely N-dealkylation sites (tertiary alicyclic amines) is 1. The van der Waals surface area contributed by atoms with Crippen LogP contribution < -0.4 is 10.1 Å². The van der Waals surface area contributed by atoms with Crippen molar-refractivity contribution in [2.45, 2.75) is 45.8 Å². The van der Waals surface area contributed by atoms with Crippen LogP contribution in [0.3, 0.4) is 0 Å². The molecule has 3 rings (SSSR count). The lowest BCUT2D eigenvalue weighted by atomic mass is 9.95. The Kier molecular flexibility index (Phi) is 8.14. The number of piperidine rings is 1. The quantitative estimate of drug-likeness (QED) is 0.658. The van der Waals surface area contributed by atoms with Crippen LogP contribution in [0, 0.1) is 18.7 Å². The number of carbonyl (C=O) groups excluding carboxylic acids is 2. The highest BCUT2D eigenvalue weighted by Gasteiger charge is 2.27. The maximum atomic E-state index is 13.6. The summed E-state index contributed by atoms with van der Waals surface area (Å²) in [6.45, 7) is 0.122. The van der Waals surface area contributed by atoms with Gasteiger partial charge in [0.05, 0.1) is 0 Å². The normalized spacial score (nSPS) is 14.5. The summed E-state index contributed by atoms with van der Waals surface area (Å²) in [5.41, 5.74) is 2.14. The molecule has 1 N–H and O–H groups in total. The minimum absolute atomic E-state index is 0.00638. The molecule has 0 saturated carbocycles. The van der Waals surface area contributed by atoms with Crippen molar-refractivity contribution in [2.24, 2.45) is 5.92 Å². The van der Waals surface area contributed by atoms with Crippen LogP contribution in [0.25, 0.3) is 0 Å². The van der Waals surface area contributed by atoms with Gasteiger partial charge in [-0.25, -0.2) is 4.39 Å². The molecule has 1 aliphatic heterocycles. The number of aryl methyl sites for hydroxylation is 2. The molecule has 1 saturated heterocycles. The van der Waals surface area contributed by atoms with Gasteiger partial charge in [-0.3, -0.25) is 9.59 Å². The lowest BCUT2D eigenvalue weighted by Gasteiger charge is -2.31. The fraction of sp³-hybridized carbons (Fsp3) is 0.417. The monoisotopic (exact) mass is 448 g/mol. The van der Waals surface area contributed by atoms with Crippen molar-refractivity contribution in [3.63, 3.8) is 0 Å². The molecule has 2 amide bonds. The lowest BCUT2D eigenvalue weighted by molar-refractivity contribution is -0.135. The molecule has 0 bridgehead atoms. The molecule has 0 aromatic heterocycles. The molecule has 0 radical (unpaired) electrons. The Labute approximate surface area is 185 Å². The van der Waals surface area contributed by atoms with Crippen molar-refractivity contribution >= 4 is 11.8 Å². The van der Waals surface area contributed by atoms with Gasteiger partial charge in [0.15, 0.2) is 0 Å². The minimum atomic E-state index is -2.86. The van der Waals surface area contributed by atoms with Gasteiger partial charge in [-0.2, -0.15) is 8.78 Å². The Morgan fingerprint density at radius 1 is 1.09 bits per heavy atom. The van der Waals surface area contributed by atoms with Crippen molar-refractivity contribution in [1.29, 1.82) is 0 Å². The number of hydrogen-bond donors (Lipinski definition) is 1. The second-order valence-electron chi connectivity index (χ2n) is 7.98. The molecule has 2 aromatic carbocycles. The molecule has 0 atom stereocenters. The molecule has 5 nitrogen and oxygen atoms in total. The molecule has 1 heterocycles. The van der Waals surface area contributed by atoms with Gasteiger partial charge >= 0.3 is 6.61 Å². The van der Waals surface area contributed by atoms with Crippen molar-refractivity contribution in [2.75, 3.05) is 13.1 Å². The van der Waals surface area contributed by atoms with E-state index in [1.54, 1.807) is 36.1 Å². The van der Waals surface area contributed by atoms with Gasteiger partial charge in [-0.05, 0) is 61.1 Å².